The van der Waals surface area contributed by atoms with Gasteiger partial charge in [0.15, 0.2) is 0 Å². The molecule has 0 radical (unpaired) electrons. The van der Waals surface area contributed by atoms with E-state index in [4.69, 9.17) is 5.73 Å². The molecule has 1 aromatic rings. The van der Waals surface area contributed by atoms with Gasteiger partial charge < -0.3 is 11.1 Å². The summed E-state index contributed by atoms with van der Waals surface area (Å²) in [7, 11) is 0. The molecule has 0 saturated heterocycles. The van der Waals surface area contributed by atoms with Crippen molar-refractivity contribution in [2.75, 3.05) is 13.1 Å². The zero-order valence-electron chi connectivity index (χ0n) is 11.8. The highest BCUT2D eigenvalue weighted by Crippen LogP contribution is 2.19. The van der Waals surface area contributed by atoms with Crippen LogP contribution in [0.5, 0.6) is 0 Å². The molecule has 5 nitrogen and oxygen atoms in total. The van der Waals surface area contributed by atoms with Gasteiger partial charge in [0.05, 0.1) is 23.0 Å². The van der Waals surface area contributed by atoms with Gasteiger partial charge in [0, 0.05) is 6.54 Å². The van der Waals surface area contributed by atoms with Crippen LogP contribution in [0.4, 0.5) is 0 Å². The Morgan fingerprint density at radius 3 is 2.67 bits per heavy atom. The lowest BCUT2D eigenvalue weighted by Crippen LogP contribution is -2.29. The molecule has 0 aromatic carbocycles. The summed E-state index contributed by atoms with van der Waals surface area (Å²) in [5, 5.41) is 7.21. The van der Waals surface area contributed by atoms with E-state index in [1.54, 1.807) is 6.20 Å². The summed E-state index contributed by atoms with van der Waals surface area (Å²) in [5.74, 6) is -0.0594. The topological polar surface area (TPSA) is 72.9 Å². The third kappa shape index (κ3) is 3.32. The Bertz CT molecular complexity index is 404. The van der Waals surface area contributed by atoms with Crippen LogP contribution < -0.4 is 11.1 Å². The number of carbonyl (C=O) groups is 1. The van der Waals surface area contributed by atoms with Gasteiger partial charge in [-0.15, -0.1) is 0 Å². The molecular formula is C13H24N4O. The predicted molar refractivity (Wildman–Crippen MR) is 72.6 cm³/mol. The predicted octanol–water partition coefficient (Wildman–Crippen LogP) is 1.28. The fourth-order valence-electron chi connectivity index (χ4n) is 1.88. The second kappa shape index (κ2) is 6.00. The van der Waals surface area contributed by atoms with Crippen LogP contribution in [0.25, 0.3) is 0 Å². The molecule has 3 N–H and O–H groups in total. The summed E-state index contributed by atoms with van der Waals surface area (Å²) in [6.45, 7) is 9.47. The average Bonchev–Trinajstić information content (AvgIpc) is 2.72. The average molecular weight is 252 g/mol. The second-order valence-corrected chi connectivity index (χ2v) is 5.34. The Morgan fingerprint density at radius 2 is 2.17 bits per heavy atom. The van der Waals surface area contributed by atoms with Gasteiger partial charge in [-0.05, 0) is 40.2 Å². The van der Waals surface area contributed by atoms with E-state index in [1.165, 1.54) is 0 Å². The zero-order chi connectivity index (χ0) is 13.8. The molecule has 5 heteroatoms. The first-order valence-corrected chi connectivity index (χ1v) is 6.47. The summed E-state index contributed by atoms with van der Waals surface area (Å²) >= 11 is 0. The number of hydrogen-bond acceptors (Lipinski definition) is 3. The molecule has 1 amide bonds. The van der Waals surface area contributed by atoms with E-state index in [-0.39, 0.29) is 11.4 Å². The Balaban J connectivity index is 2.90. The van der Waals surface area contributed by atoms with Crippen LogP contribution in [-0.4, -0.2) is 28.8 Å². The summed E-state index contributed by atoms with van der Waals surface area (Å²) in [4.78, 5) is 12.0. The van der Waals surface area contributed by atoms with Crippen molar-refractivity contribution in [2.24, 2.45) is 5.73 Å². The Morgan fingerprint density at radius 1 is 1.50 bits per heavy atom. The fraction of sp³-hybridized carbons (Fsp3) is 0.692. The maximum atomic E-state index is 12.0. The number of hydrogen-bond donors (Lipinski definition) is 2. The minimum absolute atomic E-state index is 0.0594. The summed E-state index contributed by atoms with van der Waals surface area (Å²) in [6.07, 6.45) is 3.24. The van der Waals surface area contributed by atoms with Gasteiger partial charge in [-0.1, -0.05) is 6.92 Å². The monoisotopic (exact) mass is 252 g/mol. The van der Waals surface area contributed by atoms with Crippen LogP contribution in [0.1, 0.15) is 50.2 Å². The third-order valence-corrected chi connectivity index (χ3v) is 2.75. The maximum absolute atomic E-state index is 12.0. The highest BCUT2D eigenvalue weighted by atomic mass is 16.1. The number of nitrogens with two attached hydrogens (primary N) is 1. The van der Waals surface area contributed by atoms with Crippen molar-refractivity contribution in [1.82, 2.24) is 15.1 Å². The molecule has 1 aromatic heterocycles. The van der Waals surface area contributed by atoms with E-state index in [9.17, 15) is 4.79 Å². The van der Waals surface area contributed by atoms with E-state index in [1.807, 2.05) is 11.6 Å². The third-order valence-electron chi connectivity index (χ3n) is 2.75. The Kier molecular flexibility index (Phi) is 4.90. The molecule has 1 rings (SSSR count). The lowest BCUT2D eigenvalue weighted by molar-refractivity contribution is 0.0952. The highest BCUT2D eigenvalue weighted by Gasteiger charge is 2.22. The van der Waals surface area contributed by atoms with Crippen molar-refractivity contribution in [2.45, 2.75) is 46.1 Å². The number of amides is 1. The minimum Gasteiger partial charge on any atom is -0.352 e. The molecule has 0 fully saturated rings. The molecule has 0 bridgehead atoms. The quantitative estimate of drug-likeness (QED) is 0.775. The number of rotatable bonds is 5. The fourth-order valence-corrected chi connectivity index (χ4v) is 1.88. The van der Waals surface area contributed by atoms with E-state index in [0.29, 0.717) is 18.7 Å². The molecule has 102 valence electrons. The van der Waals surface area contributed by atoms with Crippen LogP contribution >= 0.6 is 0 Å². The molecule has 0 saturated carbocycles. The lowest BCUT2D eigenvalue weighted by Gasteiger charge is -2.22. The van der Waals surface area contributed by atoms with Gasteiger partial charge in [-0.25, -0.2) is 0 Å². The number of aromatic nitrogens is 2. The van der Waals surface area contributed by atoms with Crippen molar-refractivity contribution in [3.8, 4) is 0 Å². The first kappa shape index (κ1) is 14.7. The molecule has 0 aliphatic heterocycles. The van der Waals surface area contributed by atoms with Crippen LogP contribution in [0.15, 0.2) is 6.20 Å². The van der Waals surface area contributed by atoms with Crippen LogP contribution in [0.2, 0.25) is 0 Å². The van der Waals surface area contributed by atoms with Gasteiger partial charge in [-0.2, -0.15) is 5.10 Å². The van der Waals surface area contributed by atoms with Crippen LogP contribution in [-0.2, 0) is 12.0 Å². The molecular weight excluding hydrogens is 228 g/mol. The number of nitrogens with one attached hydrogen (secondary N) is 1. The SMILES string of the molecule is CCc1c(C(=O)NCCCN)cnn1C(C)(C)C. The van der Waals surface area contributed by atoms with E-state index in [0.717, 1.165) is 18.5 Å². The van der Waals surface area contributed by atoms with Crippen LogP contribution in [0.3, 0.4) is 0 Å². The number of carbonyl (C=O) groups excluding carboxylic acids is 1. The molecule has 0 atom stereocenters. The summed E-state index contributed by atoms with van der Waals surface area (Å²) < 4.78 is 1.92. The lowest BCUT2D eigenvalue weighted by atomic mass is 10.1. The molecule has 0 aliphatic carbocycles. The molecule has 0 spiro atoms. The molecule has 1 heterocycles. The van der Waals surface area contributed by atoms with Gasteiger partial charge in [0.2, 0.25) is 0 Å². The first-order chi connectivity index (χ1) is 8.41. The van der Waals surface area contributed by atoms with Crippen molar-refractivity contribution >= 4 is 5.91 Å². The van der Waals surface area contributed by atoms with Gasteiger partial charge in [0.1, 0.15) is 0 Å². The zero-order valence-corrected chi connectivity index (χ0v) is 11.8. The van der Waals surface area contributed by atoms with Crippen molar-refractivity contribution in [3.05, 3.63) is 17.5 Å². The maximum Gasteiger partial charge on any atom is 0.254 e. The van der Waals surface area contributed by atoms with E-state index < -0.39 is 0 Å². The Labute approximate surface area is 109 Å². The van der Waals surface area contributed by atoms with Crippen molar-refractivity contribution in [3.63, 3.8) is 0 Å². The highest BCUT2D eigenvalue weighted by molar-refractivity contribution is 5.95. The summed E-state index contributed by atoms with van der Waals surface area (Å²) in [5.41, 5.74) is 6.94. The first-order valence-electron chi connectivity index (χ1n) is 6.47. The smallest absolute Gasteiger partial charge is 0.254 e. The van der Waals surface area contributed by atoms with E-state index in [2.05, 4.69) is 31.2 Å². The van der Waals surface area contributed by atoms with Gasteiger partial charge in [0.25, 0.3) is 5.91 Å². The van der Waals surface area contributed by atoms with Gasteiger partial charge in [-0.3, -0.25) is 9.48 Å². The van der Waals surface area contributed by atoms with Crippen molar-refractivity contribution in [1.29, 1.82) is 0 Å². The second-order valence-electron chi connectivity index (χ2n) is 5.34. The van der Waals surface area contributed by atoms with E-state index >= 15 is 0 Å². The van der Waals surface area contributed by atoms with Crippen molar-refractivity contribution < 1.29 is 4.79 Å². The van der Waals surface area contributed by atoms with Gasteiger partial charge >= 0.3 is 0 Å². The largest absolute Gasteiger partial charge is 0.352 e. The molecule has 0 unspecified atom stereocenters. The standard InChI is InChI=1S/C13H24N4O/c1-5-11-10(12(18)15-8-6-7-14)9-16-17(11)13(2,3)4/h9H,5-8,14H2,1-4H3,(H,15,18). The molecule has 18 heavy (non-hydrogen) atoms. The normalized spacial score (nSPS) is 11.6. The number of nitrogens with zero attached hydrogens (tertiary/aromatic N) is 2. The summed E-state index contributed by atoms with van der Waals surface area (Å²) in [6, 6.07) is 0. The minimum atomic E-state index is -0.110. The van der Waals surface area contributed by atoms with Crippen LogP contribution in [0, 0.1) is 0 Å². The Hall–Kier alpha value is -1.36. The molecule has 0 aliphatic rings.